The Hall–Kier alpha value is -3.00. The second-order valence-electron chi connectivity index (χ2n) is 8.61. The summed E-state index contributed by atoms with van der Waals surface area (Å²) in [4.78, 5) is 27.0. The molecule has 5 rings (SSSR count). The third-order valence-corrected chi connectivity index (χ3v) is 7.36. The van der Waals surface area contributed by atoms with Crippen molar-refractivity contribution in [2.24, 2.45) is 5.92 Å². The van der Waals surface area contributed by atoms with Gasteiger partial charge in [0.25, 0.3) is 5.91 Å². The lowest BCUT2D eigenvalue weighted by Gasteiger charge is -2.24. The van der Waals surface area contributed by atoms with Crippen LogP contribution in [0.25, 0.3) is 22.6 Å². The summed E-state index contributed by atoms with van der Waals surface area (Å²) in [6.45, 7) is 4.40. The molecule has 2 aliphatic rings. The van der Waals surface area contributed by atoms with Gasteiger partial charge in [-0.15, -0.1) is 0 Å². The summed E-state index contributed by atoms with van der Waals surface area (Å²) in [5, 5.41) is 0. The lowest BCUT2D eigenvalue weighted by Crippen LogP contribution is -2.35. The van der Waals surface area contributed by atoms with E-state index in [4.69, 9.17) is 0 Å². The molecule has 0 bridgehead atoms. The van der Waals surface area contributed by atoms with Gasteiger partial charge in [-0.1, -0.05) is 0 Å². The standard InChI is InChI=1S/C23H24N4O3S/c1-13-11-25-22(26-13)19-9-16(6-7-24-19)17-8-18-12-27(14(2)15-4-5-15)23(28)21(18)20(10-17)31(3,29)30/h6-11,14-15H,4-5,12H2,1-3H3,(H,25,26). The van der Waals surface area contributed by atoms with Crippen LogP contribution >= 0.6 is 0 Å². The molecule has 1 atom stereocenters. The Balaban J connectivity index is 1.61. The van der Waals surface area contributed by atoms with E-state index in [1.54, 1.807) is 12.3 Å². The predicted molar refractivity (Wildman–Crippen MR) is 117 cm³/mol. The highest BCUT2D eigenvalue weighted by Gasteiger charge is 2.40. The quantitative estimate of drug-likeness (QED) is 0.659. The van der Waals surface area contributed by atoms with Crippen LogP contribution in [-0.2, 0) is 16.4 Å². The lowest BCUT2D eigenvalue weighted by atomic mass is 10.0. The Morgan fingerprint density at radius 3 is 2.61 bits per heavy atom. The number of H-pyrrole nitrogens is 1. The van der Waals surface area contributed by atoms with Crippen molar-refractivity contribution in [3.8, 4) is 22.6 Å². The van der Waals surface area contributed by atoms with Gasteiger partial charge in [-0.05, 0) is 73.6 Å². The summed E-state index contributed by atoms with van der Waals surface area (Å²) in [5.74, 6) is 0.991. The Labute approximate surface area is 181 Å². The van der Waals surface area contributed by atoms with Crippen LogP contribution in [0.5, 0.6) is 0 Å². The SMILES string of the molecule is Cc1c[nH]c(-c2cc(-c3cc4c(c(S(C)(=O)=O)c3)C(=O)N(C(C)C3CC3)C4)ccn2)n1. The molecule has 8 heteroatoms. The van der Waals surface area contributed by atoms with E-state index in [9.17, 15) is 13.2 Å². The highest BCUT2D eigenvalue weighted by atomic mass is 32.2. The number of amides is 1. The maximum atomic E-state index is 13.2. The molecule has 0 saturated heterocycles. The van der Waals surface area contributed by atoms with Crippen molar-refractivity contribution in [2.45, 2.75) is 44.2 Å². The average molecular weight is 437 g/mol. The first-order valence-electron chi connectivity index (χ1n) is 10.4. The number of benzene rings is 1. The number of rotatable bonds is 5. The predicted octanol–water partition coefficient (Wildman–Crippen LogP) is 3.60. The van der Waals surface area contributed by atoms with Gasteiger partial charge in [0.2, 0.25) is 0 Å². The second kappa shape index (κ2) is 7.02. The Kier molecular flexibility index (Phi) is 4.51. The summed E-state index contributed by atoms with van der Waals surface area (Å²) in [6.07, 6.45) is 6.90. The van der Waals surface area contributed by atoms with Crippen molar-refractivity contribution in [1.29, 1.82) is 0 Å². The van der Waals surface area contributed by atoms with Crippen LogP contribution in [0.4, 0.5) is 0 Å². The maximum absolute atomic E-state index is 13.2. The number of aryl methyl sites for hydroxylation is 1. The highest BCUT2D eigenvalue weighted by molar-refractivity contribution is 7.90. The summed E-state index contributed by atoms with van der Waals surface area (Å²) in [7, 11) is -3.59. The Morgan fingerprint density at radius 1 is 1.19 bits per heavy atom. The molecule has 2 aromatic heterocycles. The van der Waals surface area contributed by atoms with Crippen molar-refractivity contribution in [3.05, 3.63) is 53.5 Å². The number of aromatic nitrogens is 3. The number of imidazole rings is 1. The first kappa shape index (κ1) is 19.9. The molecule has 1 fully saturated rings. The molecule has 1 N–H and O–H groups in total. The van der Waals surface area contributed by atoms with Crippen LogP contribution in [0.3, 0.4) is 0 Å². The first-order valence-corrected chi connectivity index (χ1v) is 12.3. The molecular weight excluding hydrogens is 412 g/mol. The number of aromatic amines is 1. The van der Waals surface area contributed by atoms with E-state index < -0.39 is 9.84 Å². The number of nitrogens with zero attached hydrogens (tertiary/aromatic N) is 3. The van der Waals surface area contributed by atoms with Crippen LogP contribution in [0.1, 0.15) is 41.4 Å². The molecule has 3 heterocycles. The number of hydrogen-bond donors (Lipinski definition) is 1. The van der Waals surface area contributed by atoms with Crippen molar-refractivity contribution in [1.82, 2.24) is 19.9 Å². The minimum atomic E-state index is -3.59. The van der Waals surface area contributed by atoms with Crippen LogP contribution < -0.4 is 0 Å². The van der Waals surface area contributed by atoms with Gasteiger partial charge in [0.15, 0.2) is 15.7 Å². The summed E-state index contributed by atoms with van der Waals surface area (Å²) in [6, 6.07) is 7.39. The van der Waals surface area contributed by atoms with Gasteiger partial charge in [0.1, 0.15) is 5.69 Å². The summed E-state index contributed by atoms with van der Waals surface area (Å²) >= 11 is 0. The van der Waals surface area contributed by atoms with Crippen molar-refractivity contribution in [3.63, 3.8) is 0 Å². The molecule has 1 unspecified atom stereocenters. The van der Waals surface area contributed by atoms with Gasteiger partial charge in [-0.2, -0.15) is 0 Å². The number of carbonyl (C=O) groups is 1. The van der Waals surface area contributed by atoms with Gasteiger partial charge < -0.3 is 9.88 Å². The smallest absolute Gasteiger partial charge is 0.256 e. The fourth-order valence-electron chi connectivity index (χ4n) is 4.35. The number of pyridine rings is 1. The highest BCUT2D eigenvalue weighted by Crippen LogP contribution is 2.40. The fourth-order valence-corrected chi connectivity index (χ4v) is 5.28. The molecular formula is C23H24N4O3S. The normalized spacial score (nSPS) is 17.1. The van der Waals surface area contributed by atoms with Gasteiger partial charge in [0.05, 0.1) is 16.2 Å². The number of sulfone groups is 1. The van der Waals surface area contributed by atoms with E-state index in [2.05, 4.69) is 21.9 Å². The third-order valence-electron chi connectivity index (χ3n) is 6.24. The van der Waals surface area contributed by atoms with Crippen molar-refractivity contribution < 1.29 is 13.2 Å². The molecule has 1 aliphatic heterocycles. The monoisotopic (exact) mass is 436 g/mol. The number of hydrogen-bond acceptors (Lipinski definition) is 5. The zero-order chi connectivity index (χ0) is 21.9. The first-order chi connectivity index (χ1) is 14.7. The van der Waals surface area contributed by atoms with Crippen LogP contribution in [0.15, 0.2) is 41.6 Å². The number of fused-ring (bicyclic) bond motifs is 1. The zero-order valence-electron chi connectivity index (χ0n) is 17.7. The van der Waals surface area contributed by atoms with E-state index in [1.165, 1.54) is 0 Å². The van der Waals surface area contributed by atoms with Crippen LogP contribution in [-0.4, -0.2) is 46.5 Å². The molecule has 1 aromatic carbocycles. The molecule has 1 aliphatic carbocycles. The number of carbonyl (C=O) groups excluding carboxylic acids is 1. The number of nitrogens with one attached hydrogen (secondary N) is 1. The summed E-state index contributed by atoms with van der Waals surface area (Å²) < 4.78 is 25.3. The molecule has 1 saturated carbocycles. The molecule has 0 radical (unpaired) electrons. The van der Waals surface area contributed by atoms with E-state index in [0.717, 1.165) is 41.5 Å². The average Bonchev–Trinajstić information content (AvgIpc) is 3.41. The lowest BCUT2D eigenvalue weighted by molar-refractivity contribution is 0.0694. The molecule has 0 spiro atoms. The maximum Gasteiger partial charge on any atom is 0.256 e. The molecule has 160 valence electrons. The Morgan fingerprint density at radius 2 is 1.97 bits per heavy atom. The van der Waals surface area contributed by atoms with Crippen LogP contribution in [0, 0.1) is 12.8 Å². The van der Waals surface area contributed by atoms with Crippen LogP contribution in [0.2, 0.25) is 0 Å². The van der Waals surface area contributed by atoms with E-state index in [0.29, 0.717) is 29.5 Å². The molecule has 31 heavy (non-hydrogen) atoms. The van der Waals surface area contributed by atoms with Gasteiger partial charge in [-0.25, -0.2) is 13.4 Å². The summed E-state index contributed by atoms with van der Waals surface area (Å²) in [5.41, 5.74) is 4.21. The van der Waals surface area contributed by atoms with Crippen molar-refractivity contribution >= 4 is 15.7 Å². The Bertz CT molecular complexity index is 1310. The van der Waals surface area contributed by atoms with E-state index >= 15 is 0 Å². The van der Waals surface area contributed by atoms with Crippen molar-refractivity contribution in [2.75, 3.05) is 6.26 Å². The second-order valence-corrected chi connectivity index (χ2v) is 10.6. The van der Waals surface area contributed by atoms with Gasteiger partial charge in [0, 0.05) is 31.2 Å². The minimum Gasteiger partial charge on any atom is -0.343 e. The zero-order valence-corrected chi connectivity index (χ0v) is 18.5. The molecule has 7 nitrogen and oxygen atoms in total. The van der Waals surface area contributed by atoms with Gasteiger partial charge in [-0.3, -0.25) is 9.78 Å². The molecule has 1 amide bonds. The largest absolute Gasteiger partial charge is 0.343 e. The van der Waals surface area contributed by atoms with E-state index in [-0.39, 0.29) is 16.8 Å². The fraction of sp³-hybridized carbons (Fsp3) is 0.348. The topological polar surface area (TPSA) is 96.0 Å². The third kappa shape index (κ3) is 3.54. The van der Waals surface area contributed by atoms with Gasteiger partial charge >= 0.3 is 0 Å². The molecule has 3 aromatic rings. The minimum absolute atomic E-state index is 0.0997. The van der Waals surface area contributed by atoms with E-state index in [1.807, 2.05) is 36.2 Å².